The molecule has 2 N–H and O–H groups in total. The van der Waals surface area contributed by atoms with Crippen LogP contribution in [-0.4, -0.2) is 22.6 Å². The number of pyridine rings is 2. The van der Waals surface area contributed by atoms with Gasteiger partial charge in [0.15, 0.2) is 0 Å². The van der Waals surface area contributed by atoms with Crippen LogP contribution < -0.4 is 16.2 Å². The SMILES string of the molecule is CC1CCCN(c2c(C#N)c(=O)n(C)c3ccc(Cl)nc23)C1.Nc1ccc(Cl)cc1. The number of anilines is 2. The molecule has 1 aliphatic heterocycles. The molecule has 2 aromatic heterocycles. The van der Waals surface area contributed by atoms with Gasteiger partial charge in [0.2, 0.25) is 0 Å². The zero-order valence-corrected chi connectivity index (χ0v) is 18.4. The number of halogens is 2. The molecule has 3 heterocycles. The Labute approximate surface area is 185 Å². The largest absolute Gasteiger partial charge is 0.399 e. The van der Waals surface area contributed by atoms with Crippen LogP contribution in [0.5, 0.6) is 0 Å². The first kappa shape index (κ1) is 21.9. The number of nitrogens with two attached hydrogens (primary N) is 1. The average molecular weight is 444 g/mol. The van der Waals surface area contributed by atoms with E-state index in [2.05, 4.69) is 22.9 Å². The van der Waals surface area contributed by atoms with Crippen molar-refractivity contribution in [3.63, 3.8) is 0 Å². The number of nitrogen functional groups attached to an aromatic ring is 1. The molecule has 30 heavy (non-hydrogen) atoms. The Balaban J connectivity index is 0.000000269. The van der Waals surface area contributed by atoms with E-state index in [9.17, 15) is 10.1 Å². The third-order valence-electron chi connectivity index (χ3n) is 5.14. The highest BCUT2D eigenvalue weighted by Gasteiger charge is 2.25. The second-order valence-electron chi connectivity index (χ2n) is 7.45. The van der Waals surface area contributed by atoms with Gasteiger partial charge in [-0.15, -0.1) is 0 Å². The van der Waals surface area contributed by atoms with Crippen LogP contribution in [0.15, 0.2) is 41.2 Å². The molecule has 0 saturated carbocycles. The first-order chi connectivity index (χ1) is 14.3. The molecule has 1 aliphatic rings. The van der Waals surface area contributed by atoms with Gasteiger partial charge in [-0.25, -0.2) is 4.98 Å². The number of aromatic nitrogens is 2. The third-order valence-corrected chi connectivity index (χ3v) is 5.60. The standard InChI is InChI=1S/C16H17ClN4O.C6H6ClN/c1-10-4-3-7-21(9-10)15-11(8-18)16(22)20(2)12-5-6-13(17)19-14(12)15;7-5-1-3-6(8)4-2-5/h5-6,10H,3-4,7,9H2,1-2H3;1-4H,8H2. The third kappa shape index (κ3) is 4.69. The summed E-state index contributed by atoms with van der Waals surface area (Å²) in [6, 6.07) is 12.6. The number of nitriles is 1. The highest BCUT2D eigenvalue weighted by atomic mass is 35.5. The minimum Gasteiger partial charge on any atom is -0.399 e. The fraction of sp³-hybridized carbons (Fsp3) is 0.318. The summed E-state index contributed by atoms with van der Waals surface area (Å²) in [4.78, 5) is 19.0. The second-order valence-corrected chi connectivity index (χ2v) is 8.27. The van der Waals surface area contributed by atoms with E-state index in [-0.39, 0.29) is 11.1 Å². The smallest absolute Gasteiger partial charge is 0.270 e. The summed E-state index contributed by atoms with van der Waals surface area (Å²) in [6.07, 6.45) is 2.21. The number of nitrogens with zero attached hydrogens (tertiary/aromatic N) is 4. The predicted molar refractivity (Wildman–Crippen MR) is 123 cm³/mol. The van der Waals surface area contributed by atoms with E-state index >= 15 is 0 Å². The molecule has 4 rings (SSSR count). The second kappa shape index (κ2) is 9.38. The van der Waals surface area contributed by atoms with Gasteiger partial charge in [-0.3, -0.25) is 4.79 Å². The molecule has 8 heteroatoms. The number of hydrogen-bond acceptors (Lipinski definition) is 5. The summed E-state index contributed by atoms with van der Waals surface area (Å²) in [6.45, 7) is 3.84. The van der Waals surface area contributed by atoms with E-state index in [1.165, 1.54) is 4.57 Å². The number of aryl methyl sites for hydroxylation is 1. The Hall–Kier alpha value is -2.75. The number of rotatable bonds is 1. The van der Waals surface area contributed by atoms with Gasteiger partial charge in [0.25, 0.3) is 5.56 Å². The highest BCUT2D eigenvalue weighted by molar-refractivity contribution is 6.30. The maximum absolute atomic E-state index is 12.5. The summed E-state index contributed by atoms with van der Waals surface area (Å²) in [5.41, 5.74) is 7.93. The summed E-state index contributed by atoms with van der Waals surface area (Å²) >= 11 is 11.6. The molecular weight excluding hydrogens is 421 g/mol. The summed E-state index contributed by atoms with van der Waals surface area (Å²) < 4.78 is 1.47. The summed E-state index contributed by atoms with van der Waals surface area (Å²) in [7, 11) is 1.66. The van der Waals surface area contributed by atoms with Crippen molar-refractivity contribution < 1.29 is 0 Å². The molecule has 1 unspecified atom stereocenters. The van der Waals surface area contributed by atoms with Gasteiger partial charge in [0.1, 0.15) is 22.3 Å². The van der Waals surface area contributed by atoms with E-state index in [1.54, 1.807) is 43.4 Å². The molecule has 1 aromatic carbocycles. The van der Waals surface area contributed by atoms with Gasteiger partial charge in [-0.2, -0.15) is 5.26 Å². The van der Waals surface area contributed by atoms with Crippen LogP contribution in [0.1, 0.15) is 25.3 Å². The van der Waals surface area contributed by atoms with E-state index in [0.29, 0.717) is 27.8 Å². The minimum absolute atomic E-state index is 0.152. The topological polar surface area (TPSA) is 87.9 Å². The van der Waals surface area contributed by atoms with Crippen molar-refractivity contribution in [1.29, 1.82) is 5.26 Å². The van der Waals surface area contributed by atoms with Crippen molar-refractivity contribution >= 4 is 45.6 Å². The van der Waals surface area contributed by atoms with Crippen molar-refractivity contribution in [2.24, 2.45) is 13.0 Å². The molecule has 1 atom stereocenters. The Kier molecular flexibility index (Phi) is 6.86. The van der Waals surface area contributed by atoms with Crippen LogP contribution in [0.4, 0.5) is 11.4 Å². The maximum atomic E-state index is 12.5. The van der Waals surface area contributed by atoms with Gasteiger partial charge in [-0.05, 0) is 55.2 Å². The lowest BCUT2D eigenvalue weighted by Gasteiger charge is -2.33. The maximum Gasteiger partial charge on any atom is 0.270 e. The van der Waals surface area contributed by atoms with Crippen molar-refractivity contribution in [2.45, 2.75) is 19.8 Å². The lowest BCUT2D eigenvalue weighted by Crippen LogP contribution is -2.37. The Morgan fingerprint density at radius 1 is 1.20 bits per heavy atom. The average Bonchev–Trinajstić information content (AvgIpc) is 2.73. The van der Waals surface area contributed by atoms with Gasteiger partial charge < -0.3 is 15.2 Å². The van der Waals surface area contributed by atoms with Crippen molar-refractivity contribution in [2.75, 3.05) is 23.7 Å². The first-order valence-corrected chi connectivity index (χ1v) is 10.4. The number of hydrogen-bond donors (Lipinski definition) is 1. The van der Waals surface area contributed by atoms with Crippen LogP contribution in [0.2, 0.25) is 10.2 Å². The van der Waals surface area contributed by atoms with Gasteiger partial charge in [0.05, 0.1) is 11.2 Å². The fourth-order valence-electron chi connectivity index (χ4n) is 3.63. The molecule has 0 amide bonds. The molecule has 0 spiro atoms. The fourth-order valence-corrected chi connectivity index (χ4v) is 3.91. The van der Waals surface area contributed by atoms with Crippen LogP contribution in [0, 0.1) is 17.2 Å². The zero-order valence-electron chi connectivity index (χ0n) is 16.9. The molecule has 156 valence electrons. The van der Waals surface area contributed by atoms with E-state index in [4.69, 9.17) is 28.9 Å². The Morgan fingerprint density at radius 2 is 1.90 bits per heavy atom. The minimum atomic E-state index is -0.285. The van der Waals surface area contributed by atoms with E-state index in [1.807, 2.05) is 0 Å². The van der Waals surface area contributed by atoms with Crippen LogP contribution in [-0.2, 0) is 7.05 Å². The van der Waals surface area contributed by atoms with E-state index in [0.717, 1.165) is 36.6 Å². The van der Waals surface area contributed by atoms with Crippen LogP contribution >= 0.6 is 23.2 Å². The Bertz CT molecular complexity index is 1130. The number of benzene rings is 1. The normalized spacial score (nSPS) is 16.0. The summed E-state index contributed by atoms with van der Waals surface area (Å²) in [5, 5.41) is 10.6. The number of piperidine rings is 1. The van der Waals surface area contributed by atoms with Gasteiger partial charge in [-0.1, -0.05) is 30.1 Å². The van der Waals surface area contributed by atoms with Crippen LogP contribution in [0.3, 0.4) is 0 Å². The monoisotopic (exact) mass is 443 g/mol. The zero-order chi connectivity index (χ0) is 21.8. The lowest BCUT2D eigenvalue weighted by molar-refractivity contribution is 0.447. The molecule has 0 radical (unpaired) electrons. The molecule has 3 aromatic rings. The molecular formula is C22H23Cl2N5O. The van der Waals surface area contributed by atoms with Crippen LogP contribution in [0.25, 0.3) is 11.0 Å². The first-order valence-electron chi connectivity index (χ1n) is 9.67. The van der Waals surface area contributed by atoms with Gasteiger partial charge >= 0.3 is 0 Å². The van der Waals surface area contributed by atoms with Crippen molar-refractivity contribution in [3.8, 4) is 6.07 Å². The predicted octanol–water partition coefficient (Wildman–Crippen LogP) is 4.62. The van der Waals surface area contributed by atoms with Gasteiger partial charge in [0, 0.05) is 30.8 Å². The van der Waals surface area contributed by atoms with Crippen molar-refractivity contribution in [3.05, 3.63) is 62.5 Å². The molecule has 0 bridgehead atoms. The highest BCUT2D eigenvalue weighted by Crippen LogP contribution is 2.31. The van der Waals surface area contributed by atoms with Crippen molar-refractivity contribution in [1.82, 2.24) is 9.55 Å². The molecule has 1 fully saturated rings. The molecule has 6 nitrogen and oxygen atoms in total. The van der Waals surface area contributed by atoms with E-state index < -0.39 is 0 Å². The quantitative estimate of drug-likeness (QED) is 0.437. The lowest BCUT2D eigenvalue weighted by atomic mass is 9.98. The summed E-state index contributed by atoms with van der Waals surface area (Å²) in [5.74, 6) is 0.526. The Morgan fingerprint density at radius 3 is 2.50 bits per heavy atom. The molecule has 0 aliphatic carbocycles. The number of fused-ring (bicyclic) bond motifs is 1. The molecule has 1 saturated heterocycles.